The zero-order valence-electron chi connectivity index (χ0n) is 18.0. The number of H-pyrrole nitrogens is 1. The number of fused-ring (bicyclic) bond motifs is 2. The molecule has 0 bridgehead atoms. The van der Waals surface area contributed by atoms with E-state index in [9.17, 15) is 0 Å². The predicted molar refractivity (Wildman–Crippen MR) is 128 cm³/mol. The molecule has 0 aliphatic carbocycles. The van der Waals surface area contributed by atoms with Crippen molar-refractivity contribution in [2.75, 3.05) is 19.6 Å². The van der Waals surface area contributed by atoms with E-state index in [1.807, 2.05) is 6.20 Å². The van der Waals surface area contributed by atoms with Crippen molar-refractivity contribution in [2.45, 2.75) is 31.2 Å². The molecular formula is C25H30N4S. The highest BCUT2D eigenvalue weighted by molar-refractivity contribution is 7.97. The zero-order chi connectivity index (χ0) is 20.7. The summed E-state index contributed by atoms with van der Waals surface area (Å²) in [6.45, 7) is 7.99. The van der Waals surface area contributed by atoms with Crippen molar-refractivity contribution in [1.29, 1.82) is 0 Å². The maximum atomic E-state index is 3.69. The lowest BCUT2D eigenvalue weighted by Gasteiger charge is -2.29. The minimum absolute atomic E-state index is 0.361. The van der Waals surface area contributed by atoms with Crippen molar-refractivity contribution in [1.82, 2.24) is 19.2 Å². The summed E-state index contributed by atoms with van der Waals surface area (Å²) in [5.41, 5.74) is 4.31. The van der Waals surface area contributed by atoms with Gasteiger partial charge in [-0.15, -0.1) is 0 Å². The number of nitrogens with one attached hydrogen (secondary N) is 2. The zero-order valence-corrected chi connectivity index (χ0v) is 18.8. The third-order valence-corrected chi connectivity index (χ3v) is 7.23. The molecule has 0 radical (unpaired) electrons. The standard InChI is InChI=1S/C25H30N4S/c1-25(2)11-13-29(17-25)24(21-16-28(3)23-7-5-4-6-20(21)23)15-27-30-19-9-8-18-10-12-26-22(18)14-19/h4-10,12,14,16,24,26-27H,11,13,15,17H2,1-3H3. The van der Waals surface area contributed by atoms with Gasteiger partial charge in [-0.25, -0.2) is 0 Å². The van der Waals surface area contributed by atoms with Gasteiger partial charge < -0.3 is 9.55 Å². The average molecular weight is 419 g/mol. The van der Waals surface area contributed by atoms with Crippen LogP contribution in [0, 0.1) is 5.41 Å². The third-order valence-electron chi connectivity index (χ3n) is 6.43. The number of hydrogen-bond donors (Lipinski definition) is 2. The van der Waals surface area contributed by atoms with Crippen LogP contribution in [0.25, 0.3) is 21.8 Å². The van der Waals surface area contributed by atoms with Crippen molar-refractivity contribution in [3.63, 3.8) is 0 Å². The first kappa shape index (κ1) is 19.7. The van der Waals surface area contributed by atoms with E-state index in [2.05, 4.69) is 94.8 Å². The molecule has 0 saturated carbocycles. The van der Waals surface area contributed by atoms with Gasteiger partial charge in [-0.1, -0.05) is 38.1 Å². The Labute approximate surface area is 182 Å². The Morgan fingerprint density at radius 3 is 2.87 bits per heavy atom. The highest BCUT2D eigenvalue weighted by atomic mass is 32.2. The van der Waals surface area contributed by atoms with Crippen LogP contribution >= 0.6 is 11.9 Å². The number of benzene rings is 2. The van der Waals surface area contributed by atoms with Gasteiger partial charge in [0.1, 0.15) is 0 Å². The summed E-state index contributed by atoms with van der Waals surface area (Å²) in [5.74, 6) is 0. The van der Waals surface area contributed by atoms with E-state index in [4.69, 9.17) is 0 Å². The van der Waals surface area contributed by atoms with Crippen LogP contribution in [0.15, 0.2) is 65.8 Å². The normalized spacial score (nSPS) is 17.8. The van der Waals surface area contributed by atoms with Crippen LogP contribution in [0.5, 0.6) is 0 Å². The van der Waals surface area contributed by atoms with Crippen LogP contribution in [0.1, 0.15) is 31.9 Å². The molecule has 30 heavy (non-hydrogen) atoms. The van der Waals surface area contributed by atoms with E-state index in [0.29, 0.717) is 11.5 Å². The SMILES string of the molecule is Cn1cc(C(CNSc2ccc3cc[nH]c3c2)N2CCC(C)(C)C2)c2ccccc21. The van der Waals surface area contributed by atoms with Gasteiger partial charge in [-0.05, 0) is 65.5 Å². The van der Waals surface area contributed by atoms with Crippen molar-refractivity contribution < 1.29 is 0 Å². The van der Waals surface area contributed by atoms with Crippen LogP contribution < -0.4 is 4.72 Å². The molecule has 1 saturated heterocycles. The maximum Gasteiger partial charge on any atom is 0.0503 e. The Bertz CT molecular complexity index is 1170. The number of aromatic nitrogens is 2. The topological polar surface area (TPSA) is 36.0 Å². The number of rotatable bonds is 6. The first-order chi connectivity index (χ1) is 14.5. The van der Waals surface area contributed by atoms with Gasteiger partial charge in [-0.3, -0.25) is 9.62 Å². The van der Waals surface area contributed by atoms with Crippen molar-refractivity contribution >= 4 is 33.8 Å². The second-order valence-electron chi connectivity index (χ2n) is 9.29. The molecule has 2 N–H and O–H groups in total. The molecule has 1 fully saturated rings. The van der Waals surface area contributed by atoms with Gasteiger partial charge in [0.05, 0.1) is 6.04 Å². The highest BCUT2D eigenvalue weighted by Gasteiger charge is 2.34. The van der Waals surface area contributed by atoms with Crippen molar-refractivity contribution in [3.05, 3.63) is 66.5 Å². The van der Waals surface area contributed by atoms with Gasteiger partial charge in [0, 0.05) is 53.8 Å². The molecule has 156 valence electrons. The van der Waals surface area contributed by atoms with Gasteiger partial charge in [-0.2, -0.15) is 0 Å². The van der Waals surface area contributed by atoms with E-state index < -0.39 is 0 Å². The Hall–Kier alpha value is -2.21. The fourth-order valence-electron chi connectivity index (χ4n) is 4.79. The second kappa shape index (κ2) is 7.80. The minimum atomic E-state index is 0.361. The molecular weight excluding hydrogens is 388 g/mol. The lowest BCUT2D eigenvalue weighted by Crippen LogP contribution is -2.33. The first-order valence-electron chi connectivity index (χ1n) is 10.8. The molecule has 4 aromatic rings. The number of nitrogens with zero attached hydrogens (tertiary/aromatic N) is 2. The van der Waals surface area contributed by atoms with E-state index in [1.54, 1.807) is 11.9 Å². The molecule has 1 aliphatic heterocycles. The number of likely N-dealkylation sites (tertiary alicyclic amines) is 1. The van der Waals surface area contributed by atoms with E-state index in [1.165, 1.54) is 38.7 Å². The fraction of sp³-hybridized carbons (Fsp3) is 0.360. The van der Waals surface area contributed by atoms with E-state index in [0.717, 1.165) is 19.6 Å². The van der Waals surface area contributed by atoms with Crippen molar-refractivity contribution in [3.8, 4) is 0 Å². The molecule has 2 aromatic heterocycles. The molecule has 3 heterocycles. The smallest absolute Gasteiger partial charge is 0.0503 e. The molecule has 1 atom stereocenters. The minimum Gasteiger partial charge on any atom is -0.361 e. The van der Waals surface area contributed by atoms with Crippen LogP contribution in [-0.4, -0.2) is 34.1 Å². The quantitative estimate of drug-likeness (QED) is 0.393. The summed E-state index contributed by atoms with van der Waals surface area (Å²) in [7, 11) is 2.16. The average Bonchev–Trinajstić information content (AvgIpc) is 3.43. The molecule has 0 spiro atoms. The molecule has 1 unspecified atom stereocenters. The largest absolute Gasteiger partial charge is 0.361 e. The summed E-state index contributed by atoms with van der Waals surface area (Å²) in [4.78, 5) is 7.22. The van der Waals surface area contributed by atoms with Crippen LogP contribution in [0.2, 0.25) is 0 Å². The van der Waals surface area contributed by atoms with Crippen LogP contribution in [-0.2, 0) is 7.05 Å². The van der Waals surface area contributed by atoms with Crippen LogP contribution in [0.3, 0.4) is 0 Å². The summed E-state index contributed by atoms with van der Waals surface area (Å²) in [6, 6.07) is 17.8. The van der Waals surface area contributed by atoms with E-state index >= 15 is 0 Å². The summed E-state index contributed by atoms with van der Waals surface area (Å²) < 4.78 is 5.96. The van der Waals surface area contributed by atoms with Gasteiger partial charge in [0.15, 0.2) is 0 Å². The second-order valence-corrected chi connectivity index (χ2v) is 10.3. The third kappa shape index (κ3) is 3.78. The molecule has 2 aromatic carbocycles. The van der Waals surface area contributed by atoms with Crippen molar-refractivity contribution in [2.24, 2.45) is 12.5 Å². The first-order valence-corrected chi connectivity index (χ1v) is 11.6. The van der Waals surface area contributed by atoms with Crippen LogP contribution in [0.4, 0.5) is 0 Å². The fourth-order valence-corrected chi connectivity index (χ4v) is 5.51. The Morgan fingerprint density at radius 1 is 1.17 bits per heavy atom. The monoisotopic (exact) mass is 418 g/mol. The number of hydrogen-bond acceptors (Lipinski definition) is 3. The number of para-hydroxylation sites is 1. The Morgan fingerprint density at radius 2 is 2.03 bits per heavy atom. The Kier molecular flexibility index (Phi) is 5.13. The predicted octanol–water partition coefficient (Wildman–Crippen LogP) is 5.73. The van der Waals surface area contributed by atoms with Gasteiger partial charge in [0.2, 0.25) is 0 Å². The molecule has 1 aliphatic rings. The number of aromatic amines is 1. The van der Waals surface area contributed by atoms with E-state index in [-0.39, 0.29) is 0 Å². The maximum absolute atomic E-state index is 3.69. The lowest BCUT2D eigenvalue weighted by molar-refractivity contribution is 0.221. The summed E-state index contributed by atoms with van der Waals surface area (Å²) >= 11 is 1.73. The molecule has 0 amide bonds. The molecule has 4 nitrogen and oxygen atoms in total. The van der Waals surface area contributed by atoms with Gasteiger partial charge in [0.25, 0.3) is 0 Å². The van der Waals surface area contributed by atoms with Gasteiger partial charge >= 0.3 is 0 Å². The molecule has 5 heteroatoms. The summed E-state index contributed by atoms with van der Waals surface area (Å²) in [5, 5.41) is 2.63. The lowest BCUT2D eigenvalue weighted by atomic mass is 9.93. The highest BCUT2D eigenvalue weighted by Crippen LogP contribution is 2.37. The Balaban J connectivity index is 1.39. The number of aryl methyl sites for hydroxylation is 1. The molecule has 5 rings (SSSR count). The summed E-state index contributed by atoms with van der Waals surface area (Å²) in [6.07, 6.45) is 5.58.